The maximum atomic E-state index is 12.9. The normalized spacial score (nSPS) is 19.2. The summed E-state index contributed by atoms with van der Waals surface area (Å²) in [5, 5.41) is 0.851. The number of carbonyl (C=O) groups excluding carboxylic acids is 1. The van der Waals surface area contributed by atoms with E-state index >= 15 is 0 Å². The first kappa shape index (κ1) is 24.5. The Bertz CT molecular complexity index is 929. The number of methoxy groups -OCH3 is 1. The molecule has 0 aliphatic carbocycles. The van der Waals surface area contributed by atoms with Gasteiger partial charge in [-0.05, 0) is 69.2 Å². The molecular weight excluding hydrogens is 453 g/mol. The van der Waals surface area contributed by atoms with Crippen molar-refractivity contribution in [1.29, 1.82) is 0 Å². The number of benzene rings is 2. The van der Waals surface area contributed by atoms with Crippen LogP contribution in [0.5, 0.6) is 11.5 Å². The fraction of sp³-hybridized carbons (Fsp3) is 0.458. The van der Waals surface area contributed by atoms with Gasteiger partial charge in [0.2, 0.25) is 0 Å². The standard InChI is InChI=1S/C24H29Cl2NO5/c1-23(2,3)32-22(28)27-12-5-13-31-24(15-27,17-6-11-20(25)21(26)14-17)16-30-19-9-7-18(29-4)8-10-19/h6-11,14H,5,12-13,15-16H2,1-4H3. The van der Waals surface area contributed by atoms with E-state index in [9.17, 15) is 4.79 Å². The molecule has 1 atom stereocenters. The monoisotopic (exact) mass is 481 g/mol. The van der Waals surface area contributed by atoms with Crippen molar-refractivity contribution in [3.05, 3.63) is 58.1 Å². The Kier molecular flexibility index (Phi) is 7.80. The highest BCUT2D eigenvalue weighted by atomic mass is 35.5. The lowest BCUT2D eigenvalue weighted by Gasteiger charge is -2.36. The molecule has 1 unspecified atom stereocenters. The van der Waals surface area contributed by atoms with Crippen LogP contribution in [0.1, 0.15) is 32.8 Å². The number of amides is 1. The Labute approximate surface area is 199 Å². The highest BCUT2D eigenvalue weighted by molar-refractivity contribution is 6.42. The zero-order valence-corrected chi connectivity index (χ0v) is 20.3. The van der Waals surface area contributed by atoms with Gasteiger partial charge < -0.3 is 23.8 Å². The van der Waals surface area contributed by atoms with Crippen molar-refractivity contribution in [2.24, 2.45) is 0 Å². The average molecular weight is 482 g/mol. The summed E-state index contributed by atoms with van der Waals surface area (Å²) >= 11 is 12.5. The van der Waals surface area contributed by atoms with Gasteiger partial charge in [-0.15, -0.1) is 0 Å². The third kappa shape index (κ3) is 6.21. The Morgan fingerprint density at radius 1 is 1.09 bits per heavy atom. The van der Waals surface area contributed by atoms with Crippen molar-refractivity contribution in [1.82, 2.24) is 4.90 Å². The van der Waals surface area contributed by atoms with Gasteiger partial charge in [0.25, 0.3) is 0 Å². The third-order valence-corrected chi connectivity index (χ3v) is 5.76. The van der Waals surface area contributed by atoms with Crippen LogP contribution in [-0.2, 0) is 15.1 Å². The van der Waals surface area contributed by atoms with Crippen LogP contribution in [-0.4, -0.2) is 50.0 Å². The molecule has 1 saturated heterocycles. The van der Waals surface area contributed by atoms with E-state index in [4.69, 9.17) is 42.1 Å². The summed E-state index contributed by atoms with van der Waals surface area (Å²) in [5.74, 6) is 1.39. The summed E-state index contributed by atoms with van der Waals surface area (Å²) in [6.45, 7) is 6.91. The molecule has 1 aliphatic heterocycles. The lowest BCUT2D eigenvalue weighted by molar-refractivity contribution is -0.0804. The van der Waals surface area contributed by atoms with E-state index in [1.807, 2.05) is 51.1 Å². The Balaban J connectivity index is 1.92. The number of hydrogen-bond donors (Lipinski definition) is 0. The van der Waals surface area contributed by atoms with E-state index in [-0.39, 0.29) is 13.2 Å². The molecule has 1 amide bonds. The zero-order chi connectivity index (χ0) is 23.4. The maximum absolute atomic E-state index is 12.9. The van der Waals surface area contributed by atoms with Gasteiger partial charge in [0.05, 0.1) is 23.7 Å². The SMILES string of the molecule is COc1ccc(OCC2(c3ccc(Cl)c(Cl)c3)CN(C(=O)OC(C)(C)C)CCCO2)cc1. The predicted octanol–water partition coefficient (Wildman–Crippen LogP) is 5.93. The van der Waals surface area contributed by atoms with Crippen LogP contribution in [0.2, 0.25) is 10.0 Å². The van der Waals surface area contributed by atoms with Gasteiger partial charge in [-0.2, -0.15) is 0 Å². The molecule has 3 rings (SSSR count). The van der Waals surface area contributed by atoms with Gasteiger partial charge in [0.1, 0.15) is 29.3 Å². The lowest BCUT2D eigenvalue weighted by Crippen LogP contribution is -2.48. The molecule has 2 aromatic rings. The number of ether oxygens (including phenoxy) is 4. The largest absolute Gasteiger partial charge is 0.497 e. The van der Waals surface area contributed by atoms with Crippen LogP contribution in [0.4, 0.5) is 4.79 Å². The van der Waals surface area contributed by atoms with Crippen molar-refractivity contribution in [3.63, 3.8) is 0 Å². The quantitative estimate of drug-likeness (QED) is 0.529. The maximum Gasteiger partial charge on any atom is 0.410 e. The Morgan fingerprint density at radius 3 is 2.41 bits per heavy atom. The molecule has 0 aromatic heterocycles. The molecule has 0 radical (unpaired) electrons. The highest BCUT2D eigenvalue weighted by Gasteiger charge is 2.41. The summed E-state index contributed by atoms with van der Waals surface area (Å²) in [6.07, 6.45) is 0.280. The van der Waals surface area contributed by atoms with Gasteiger partial charge in [-0.25, -0.2) is 4.79 Å². The summed E-state index contributed by atoms with van der Waals surface area (Å²) in [6, 6.07) is 12.6. The number of rotatable bonds is 5. The van der Waals surface area contributed by atoms with Crippen LogP contribution in [0.3, 0.4) is 0 Å². The fourth-order valence-corrected chi connectivity index (χ4v) is 3.73. The molecular formula is C24H29Cl2NO5. The molecule has 0 bridgehead atoms. The van der Waals surface area contributed by atoms with Gasteiger partial charge in [-0.1, -0.05) is 29.3 Å². The summed E-state index contributed by atoms with van der Waals surface area (Å²) in [7, 11) is 1.61. The van der Waals surface area contributed by atoms with Gasteiger partial charge in [0, 0.05) is 13.2 Å². The lowest BCUT2D eigenvalue weighted by atomic mass is 9.93. The van der Waals surface area contributed by atoms with E-state index in [0.29, 0.717) is 35.4 Å². The minimum Gasteiger partial charge on any atom is -0.497 e. The molecule has 1 fully saturated rings. The predicted molar refractivity (Wildman–Crippen MR) is 125 cm³/mol. The summed E-state index contributed by atoms with van der Waals surface area (Å²) in [5.41, 5.74) is -0.784. The zero-order valence-electron chi connectivity index (χ0n) is 18.8. The van der Waals surface area contributed by atoms with Crippen molar-refractivity contribution in [2.45, 2.75) is 38.4 Å². The fourth-order valence-electron chi connectivity index (χ4n) is 3.43. The van der Waals surface area contributed by atoms with Crippen LogP contribution >= 0.6 is 23.2 Å². The highest BCUT2D eigenvalue weighted by Crippen LogP contribution is 2.35. The van der Waals surface area contributed by atoms with Gasteiger partial charge in [0.15, 0.2) is 0 Å². The molecule has 1 aliphatic rings. The van der Waals surface area contributed by atoms with Gasteiger partial charge in [-0.3, -0.25) is 0 Å². The second kappa shape index (κ2) is 10.2. The molecule has 6 nitrogen and oxygen atoms in total. The van der Waals surface area contributed by atoms with Crippen molar-refractivity contribution in [3.8, 4) is 11.5 Å². The number of halogens is 2. The molecule has 8 heteroatoms. The van der Waals surface area contributed by atoms with E-state index in [1.165, 1.54) is 0 Å². The van der Waals surface area contributed by atoms with Gasteiger partial charge >= 0.3 is 6.09 Å². The topological polar surface area (TPSA) is 57.2 Å². The summed E-state index contributed by atoms with van der Waals surface area (Å²) < 4.78 is 23.3. The van der Waals surface area contributed by atoms with Crippen LogP contribution in [0.25, 0.3) is 0 Å². The van der Waals surface area contributed by atoms with Crippen molar-refractivity contribution < 1.29 is 23.7 Å². The van der Waals surface area contributed by atoms with E-state index < -0.39 is 17.3 Å². The van der Waals surface area contributed by atoms with Crippen molar-refractivity contribution >= 4 is 29.3 Å². The number of carbonyl (C=O) groups is 1. The minimum atomic E-state index is -0.957. The van der Waals surface area contributed by atoms with Crippen LogP contribution in [0, 0.1) is 0 Å². The average Bonchev–Trinajstić information content (AvgIpc) is 2.97. The summed E-state index contributed by atoms with van der Waals surface area (Å²) in [4.78, 5) is 14.6. The smallest absolute Gasteiger partial charge is 0.410 e. The number of hydrogen-bond acceptors (Lipinski definition) is 5. The second-order valence-electron chi connectivity index (χ2n) is 8.69. The Hall–Kier alpha value is -2.15. The third-order valence-electron chi connectivity index (χ3n) is 5.03. The first-order valence-electron chi connectivity index (χ1n) is 10.5. The van der Waals surface area contributed by atoms with Crippen LogP contribution < -0.4 is 9.47 Å². The van der Waals surface area contributed by atoms with Crippen molar-refractivity contribution in [2.75, 3.05) is 33.4 Å². The molecule has 174 valence electrons. The minimum absolute atomic E-state index is 0.163. The number of nitrogens with zero attached hydrogens (tertiary/aromatic N) is 1. The van der Waals surface area contributed by atoms with E-state index in [0.717, 1.165) is 11.3 Å². The molecule has 0 saturated carbocycles. The van der Waals surface area contributed by atoms with Crippen LogP contribution in [0.15, 0.2) is 42.5 Å². The van der Waals surface area contributed by atoms with E-state index in [2.05, 4.69) is 0 Å². The molecule has 2 aromatic carbocycles. The second-order valence-corrected chi connectivity index (χ2v) is 9.51. The molecule has 0 N–H and O–H groups in total. The molecule has 1 heterocycles. The Morgan fingerprint density at radius 2 is 1.78 bits per heavy atom. The molecule has 32 heavy (non-hydrogen) atoms. The first-order valence-corrected chi connectivity index (χ1v) is 11.2. The first-order chi connectivity index (χ1) is 15.1. The van der Waals surface area contributed by atoms with E-state index in [1.54, 1.807) is 24.1 Å². The molecule has 0 spiro atoms.